The van der Waals surface area contributed by atoms with Gasteiger partial charge in [-0.25, -0.2) is 13.1 Å². The van der Waals surface area contributed by atoms with Gasteiger partial charge in [-0.15, -0.1) is 0 Å². The summed E-state index contributed by atoms with van der Waals surface area (Å²) in [5.74, 6) is 0.541. The van der Waals surface area contributed by atoms with E-state index in [2.05, 4.69) is 11.6 Å². The standard InChI is InChI=1S/C14H19ClN2O2S2/c1-9-3-2-4-11(7-9)17-21(18,19)13-6-5-10(14(16)20)8-12(13)15/h5-6,8-9,11,17H,2-4,7H2,1H3,(H2,16,20). The van der Waals surface area contributed by atoms with Crippen molar-refractivity contribution in [3.05, 3.63) is 28.8 Å². The highest BCUT2D eigenvalue weighted by molar-refractivity contribution is 7.89. The maximum atomic E-state index is 12.4. The van der Waals surface area contributed by atoms with Crippen molar-refractivity contribution in [3.8, 4) is 0 Å². The van der Waals surface area contributed by atoms with E-state index in [1.807, 2.05) is 0 Å². The topological polar surface area (TPSA) is 72.2 Å². The number of nitrogens with two attached hydrogens (primary N) is 1. The first-order valence-electron chi connectivity index (χ1n) is 6.91. The normalized spacial score (nSPS) is 23.0. The monoisotopic (exact) mass is 346 g/mol. The molecule has 2 unspecified atom stereocenters. The molecule has 0 saturated heterocycles. The molecule has 0 radical (unpaired) electrons. The molecule has 0 aliphatic heterocycles. The Labute approximate surface area is 136 Å². The molecule has 1 aromatic carbocycles. The SMILES string of the molecule is CC1CCCC(NS(=O)(=O)c2ccc(C(N)=S)cc2Cl)C1. The first kappa shape index (κ1) is 16.7. The van der Waals surface area contributed by atoms with E-state index in [0.717, 1.165) is 25.7 Å². The van der Waals surface area contributed by atoms with Crippen LogP contribution in [0.5, 0.6) is 0 Å². The zero-order valence-electron chi connectivity index (χ0n) is 11.8. The molecule has 21 heavy (non-hydrogen) atoms. The van der Waals surface area contributed by atoms with Crippen LogP contribution in [0.3, 0.4) is 0 Å². The number of thiocarbonyl (C=S) groups is 1. The Morgan fingerprint density at radius 3 is 2.71 bits per heavy atom. The number of rotatable bonds is 4. The number of hydrogen-bond acceptors (Lipinski definition) is 3. The van der Waals surface area contributed by atoms with Gasteiger partial charge in [0.05, 0.1) is 5.02 Å². The summed E-state index contributed by atoms with van der Waals surface area (Å²) in [6.45, 7) is 2.14. The molecule has 116 valence electrons. The summed E-state index contributed by atoms with van der Waals surface area (Å²) in [4.78, 5) is 0.261. The molecule has 4 nitrogen and oxygen atoms in total. The molecule has 0 aromatic heterocycles. The van der Waals surface area contributed by atoms with Crippen molar-refractivity contribution in [2.24, 2.45) is 11.7 Å². The average Bonchev–Trinajstić information content (AvgIpc) is 2.37. The second-order valence-corrected chi connectivity index (χ2v) is 8.13. The first-order chi connectivity index (χ1) is 9.79. The summed E-state index contributed by atoms with van der Waals surface area (Å²) in [5, 5.41) is 0.136. The Kier molecular flexibility index (Phi) is 5.24. The first-order valence-corrected chi connectivity index (χ1v) is 9.18. The molecule has 1 aromatic rings. The third kappa shape index (κ3) is 4.16. The number of nitrogens with one attached hydrogen (secondary N) is 1. The summed E-state index contributed by atoms with van der Waals surface area (Å²) in [7, 11) is -3.62. The second kappa shape index (κ2) is 6.60. The molecule has 2 atom stereocenters. The molecule has 2 rings (SSSR count). The Morgan fingerprint density at radius 2 is 2.14 bits per heavy atom. The average molecular weight is 347 g/mol. The van der Waals surface area contributed by atoms with Gasteiger partial charge in [0.2, 0.25) is 10.0 Å². The lowest BCUT2D eigenvalue weighted by molar-refractivity contribution is 0.327. The summed E-state index contributed by atoms with van der Waals surface area (Å²) in [6, 6.07) is 4.49. The van der Waals surface area contributed by atoms with Gasteiger partial charge in [-0.1, -0.05) is 49.7 Å². The number of sulfonamides is 1. The Balaban J connectivity index is 2.21. The molecule has 1 aliphatic carbocycles. The summed E-state index contributed by atoms with van der Waals surface area (Å²) < 4.78 is 27.7. The van der Waals surface area contributed by atoms with Gasteiger partial charge < -0.3 is 5.73 Å². The van der Waals surface area contributed by atoms with Gasteiger partial charge in [-0.2, -0.15) is 0 Å². The molecule has 1 saturated carbocycles. The Bertz CT molecular complexity index is 646. The van der Waals surface area contributed by atoms with Crippen LogP contribution in [0.15, 0.2) is 23.1 Å². The maximum absolute atomic E-state index is 12.4. The lowest BCUT2D eigenvalue weighted by atomic mass is 9.88. The van der Waals surface area contributed by atoms with Crippen LogP contribution in [0, 0.1) is 5.92 Å². The molecule has 0 heterocycles. The van der Waals surface area contributed by atoms with Gasteiger partial charge in [0.1, 0.15) is 9.88 Å². The predicted octanol–water partition coefficient (Wildman–Crippen LogP) is 2.83. The van der Waals surface area contributed by atoms with Crippen molar-refractivity contribution in [1.29, 1.82) is 0 Å². The predicted molar refractivity (Wildman–Crippen MR) is 89.1 cm³/mol. The van der Waals surface area contributed by atoms with E-state index in [1.165, 1.54) is 12.1 Å². The van der Waals surface area contributed by atoms with Crippen molar-refractivity contribution in [2.45, 2.75) is 43.5 Å². The van der Waals surface area contributed by atoms with E-state index in [1.54, 1.807) is 6.07 Å². The van der Waals surface area contributed by atoms with Gasteiger partial charge in [0.15, 0.2) is 0 Å². The largest absolute Gasteiger partial charge is 0.389 e. The van der Waals surface area contributed by atoms with Crippen LogP contribution in [0.1, 0.15) is 38.2 Å². The number of benzene rings is 1. The molecule has 1 aliphatic rings. The highest BCUT2D eigenvalue weighted by Crippen LogP contribution is 2.27. The second-order valence-electron chi connectivity index (χ2n) is 5.60. The lowest BCUT2D eigenvalue weighted by Crippen LogP contribution is -2.38. The molecule has 3 N–H and O–H groups in total. The summed E-state index contributed by atoms with van der Waals surface area (Å²) >= 11 is 10.9. The van der Waals surface area contributed by atoms with Crippen LogP contribution in [0.2, 0.25) is 5.02 Å². The molecule has 0 bridgehead atoms. The minimum Gasteiger partial charge on any atom is -0.389 e. The molecule has 1 fully saturated rings. The van der Waals surface area contributed by atoms with E-state index in [4.69, 9.17) is 29.6 Å². The van der Waals surface area contributed by atoms with Crippen LogP contribution >= 0.6 is 23.8 Å². The van der Waals surface area contributed by atoms with Crippen molar-refractivity contribution in [2.75, 3.05) is 0 Å². The van der Waals surface area contributed by atoms with Gasteiger partial charge in [0.25, 0.3) is 0 Å². The maximum Gasteiger partial charge on any atom is 0.242 e. The van der Waals surface area contributed by atoms with Crippen LogP contribution in [-0.2, 0) is 10.0 Å². The highest BCUT2D eigenvalue weighted by Gasteiger charge is 2.26. The summed E-state index contributed by atoms with van der Waals surface area (Å²) in [5.41, 5.74) is 6.07. The van der Waals surface area contributed by atoms with Gasteiger partial charge >= 0.3 is 0 Å². The summed E-state index contributed by atoms with van der Waals surface area (Å²) in [6.07, 6.45) is 3.93. The third-order valence-corrected chi connectivity index (χ3v) is 6.00. The Morgan fingerprint density at radius 1 is 1.43 bits per heavy atom. The molecule has 0 amide bonds. The quantitative estimate of drug-likeness (QED) is 0.822. The van der Waals surface area contributed by atoms with Gasteiger partial charge in [-0.05, 0) is 30.9 Å². The van der Waals surface area contributed by atoms with Gasteiger partial charge in [-0.3, -0.25) is 0 Å². The van der Waals surface area contributed by atoms with Crippen molar-refractivity contribution in [3.63, 3.8) is 0 Å². The fourth-order valence-electron chi connectivity index (χ4n) is 2.70. The molecular formula is C14H19ClN2O2S2. The number of hydrogen-bond donors (Lipinski definition) is 2. The zero-order chi connectivity index (χ0) is 15.6. The van der Waals surface area contributed by atoms with E-state index >= 15 is 0 Å². The fourth-order valence-corrected chi connectivity index (χ4v) is 4.65. The van der Waals surface area contributed by atoms with Crippen LogP contribution in [0.25, 0.3) is 0 Å². The van der Waals surface area contributed by atoms with Crippen LogP contribution in [-0.4, -0.2) is 19.4 Å². The lowest BCUT2D eigenvalue weighted by Gasteiger charge is -2.27. The van der Waals surface area contributed by atoms with Crippen LogP contribution in [0.4, 0.5) is 0 Å². The third-order valence-electron chi connectivity index (χ3n) is 3.76. The minimum absolute atomic E-state index is 0.0231. The van der Waals surface area contributed by atoms with Crippen LogP contribution < -0.4 is 10.5 Å². The van der Waals surface area contributed by atoms with E-state index in [9.17, 15) is 8.42 Å². The zero-order valence-corrected chi connectivity index (χ0v) is 14.2. The minimum atomic E-state index is -3.62. The van der Waals surface area contributed by atoms with Crippen molar-refractivity contribution >= 4 is 38.8 Å². The molecule has 0 spiro atoms. The van der Waals surface area contributed by atoms with Crippen molar-refractivity contribution < 1.29 is 8.42 Å². The fraction of sp³-hybridized carbons (Fsp3) is 0.500. The van der Waals surface area contributed by atoms with Gasteiger partial charge in [0, 0.05) is 11.6 Å². The molecular weight excluding hydrogens is 328 g/mol. The molecule has 7 heteroatoms. The number of halogens is 1. The van der Waals surface area contributed by atoms with E-state index < -0.39 is 10.0 Å². The van der Waals surface area contributed by atoms with E-state index in [-0.39, 0.29) is 20.9 Å². The smallest absolute Gasteiger partial charge is 0.242 e. The Hall–Kier alpha value is -0.690. The van der Waals surface area contributed by atoms with Crippen molar-refractivity contribution in [1.82, 2.24) is 4.72 Å². The highest BCUT2D eigenvalue weighted by atomic mass is 35.5. The van der Waals surface area contributed by atoms with E-state index in [0.29, 0.717) is 11.5 Å².